The van der Waals surface area contributed by atoms with Crippen molar-refractivity contribution in [1.29, 1.82) is 0 Å². The molecule has 2 aromatic rings. The maximum Gasteiger partial charge on any atom is 0.126 e. The monoisotopic (exact) mass is 443 g/mol. The maximum atomic E-state index is 6.49. The number of anilines is 2. The number of halogens is 1. The summed E-state index contributed by atoms with van der Waals surface area (Å²) in [6.07, 6.45) is 9.63. The summed E-state index contributed by atoms with van der Waals surface area (Å²) in [6.45, 7) is 5.05. The van der Waals surface area contributed by atoms with Gasteiger partial charge in [0, 0.05) is 30.4 Å². The summed E-state index contributed by atoms with van der Waals surface area (Å²) < 4.78 is 6.19. The molecular formula is C24H34ClN5O. The lowest BCUT2D eigenvalue weighted by Crippen LogP contribution is -2.42. The van der Waals surface area contributed by atoms with Crippen molar-refractivity contribution in [2.45, 2.75) is 82.6 Å². The minimum atomic E-state index is -0.163. The molecular weight excluding hydrogens is 410 g/mol. The van der Waals surface area contributed by atoms with Crippen molar-refractivity contribution in [1.82, 2.24) is 9.97 Å². The van der Waals surface area contributed by atoms with E-state index in [9.17, 15) is 0 Å². The van der Waals surface area contributed by atoms with Gasteiger partial charge in [0.1, 0.15) is 11.6 Å². The number of hydrogen-bond donors (Lipinski definition) is 3. The second-order valence-corrected chi connectivity index (χ2v) is 9.74. The van der Waals surface area contributed by atoms with E-state index in [2.05, 4.69) is 29.5 Å². The molecule has 2 atom stereocenters. The zero-order chi connectivity index (χ0) is 21.8. The maximum absolute atomic E-state index is 6.49. The fourth-order valence-corrected chi connectivity index (χ4v) is 4.84. The highest BCUT2D eigenvalue weighted by atomic mass is 35.5. The van der Waals surface area contributed by atoms with Crippen LogP contribution in [0.2, 0.25) is 5.02 Å². The molecule has 4 rings (SSSR count). The van der Waals surface area contributed by atoms with Crippen LogP contribution in [0.25, 0.3) is 11.3 Å². The molecule has 3 heterocycles. The summed E-state index contributed by atoms with van der Waals surface area (Å²) in [7, 11) is 0. The molecule has 0 bridgehead atoms. The molecule has 0 radical (unpaired) electrons. The van der Waals surface area contributed by atoms with E-state index in [-0.39, 0.29) is 5.60 Å². The van der Waals surface area contributed by atoms with Crippen molar-refractivity contribution < 1.29 is 4.74 Å². The molecule has 0 spiro atoms. The Morgan fingerprint density at radius 1 is 1.19 bits per heavy atom. The molecule has 0 aromatic carbocycles. The first-order valence-electron chi connectivity index (χ1n) is 11.5. The molecule has 1 saturated heterocycles. The molecule has 0 amide bonds. The lowest BCUT2D eigenvalue weighted by molar-refractivity contribution is -0.101. The standard InChI is InChI=1S/C24H34ClN5O/c1-16-5-4-12-24(2,31-16)15-28-22-7-3-6-21(30-22)19-13-23(27-14-20(19)25)29-18-10-8-17(26)9-11-18/h3,6-7,13-14,16-18H,4-5,8-12,15,26H2,1-2H3,(H,27,29)(H,28,30)/t16-,17-,18-,24+/m0/s1. The summed E-state index contributed by atoms with van der Waals surface area (Å²) in [4.78, 5) is 9.29. The molecule has 1 saturated carbocycles. The number of nitrogens with zero attached hydrogens (tertiary/aromatic N) is 2. The minimum absolute atomic E-state index is 0.163. The van der Waals surface area contributed by atoms with Gasteiger partial charge in [-0.3, -0.25) is 0 Å². The van der Waals surface area contributed by atoms with E-state index in [0.29, 0.717) is 23.2 Å². The fraction of sp³-hybridized carbons (Fsp3) is 0.583. The van der Waals surface area contributed by atoms with Gasteiger partial charge in [-0.25, -0.2) is 9.97 Å². The summed E-state index contributed by atoms with van der Waals surface area (Å²) in [5, 5.41) is 7.61. The quantitative estimate of drug-likeness (QED) is 0.566. The molecule has 2 fully saturated rings. The Labute approximate surface area is 190 Å². The van der Waals surface area contributed by atoms with Gasteiger partial charge in [0.2, 0.25) is 0 Å². The smallest absolute Gasteiger partial charge is 0.126 e. The second-order valence-electron chi connectivity index (χ2n) is 9.34. The normalized spacial score (nSPS) is 28.8. The first kappa shape index (κ1) is 22.3. The Hall–Kier alpha value is -1.89. The van der Waals surface area contributed by atoms with Gasteiger partial charge in [-0.1, -0.05) is 17.7 Å². The Morgan fingerprint density at radius 2 is 2.00 bits per heavy atom. The molecule has 1 aliphatic heterocycles. The first-order valence-corrected chi connectivity index (χ1v) is 11.8. The molecule has 2 aromatic heterocycles. The van der Waals surface area contributed by atoms with E-state index in [4.69, 9.17) is 27.1 Å². The predicted octanol–water partition coefficient (Wildman–Crippen LogP) is 5.24. The van der Waals surface area contributed by atoms with E-state index in [1.165, 1.54) is 6.42 Å². The lowest BCUT2D eigenvalue weighted by atomic mass is 9.92. The van der Waals surface area contributed by atoms with Crippen molar-refractivity contribution in [3.63, 3.8) is 0 Å². The number of nitrogens with one attached hydrogen (secondary N) is 2. The van der Waals surface area contributed by atoms with Gasteiger partial charge in [0.05, 0.1) is 22.4 Å². The van der Waals surface area contributed by atoms with Crippen LogP contribution in [0.15, 0.2) is 30.5 Å². The van der Waals surface area contributed by atoms with E-state index >= 15 is 0 Å². The number of hydrogen-bond acceptors (Lipinski definition) is 6. The first-order chi connectivity index (χ1) is 14.9. The highest BCUT2D eigenvalue weighted by molar-refractivity contribution is 6.33. The van der Waals surface area contributed by atoms with Crippen LogP contribution in [0.3, 0.4) is 0 Å². The molecule has 6 nitrogen and oxygen atoms in total. The van der Waals surface area contributed by atoms with Gasteiger partial charge in [-0.15, -0.1) is 0 Å². The Bertz CT molecular complexity index is 886. The van der Waals surface area contributed by atoms with Crippen LogP contribution in [0, 0.1) is 0 Å². The van der Waals surface area contributed by atoms with Gasteiger partial charge in [-0.05, 0) is 77.0 Å². The predicted molar refractivity (Wildman–Crippen MR) is 128 cm³/mol. The third kappa shape index (κ3) is 5.88. The van der Waals surface area contributed by atoms with E-state index in [0.717, 1.165) is 68.0 Å². The molecule has 7 heteroatoms. The highest BCUT2D eigenvalue weighted by Gasteiger charge is 2.31. The van der Waals surface area contributed by atoms with Gasteiger partial charge in [-0.2, -0.15) is 0 Å². The fourth-order valence-electron chi connectivity index (χ4n) is 4.64. The molecule has 31 heavy (non-hydrogen) atoms. The van der Waals surface area contributed by atoms with Crippen LogP contribution in [-0.2, 0) is 4.74 Å². The van der Waals surface area contributed by atoms with Crippen LogP contribution < -0.4 is 16.4 Å². The van der Waals surface area contributed by atoms with Gasteiger partial charge >= 0.3 is 0 Å². The van der Waals surface area contributed by atoms with Crippen LogP contribution in [-0.4, -0.2) is 40.3 Å². The topological polar surface area (TPSA) is 85.1 Å². The van der Waals surface area contributed by atoms with E-state index in [1.807, 2.05) is 24.3 Å². The Kier molecular flexibility index (Phi) is 6.99. The van der Waals surface area contributed by atoms with Crippen molar-refractivity contribution in [3.8, 4) is 11.3 Å². The highest BCUT2D eigenvalue weighted by Crippen LogP contribution is 2.31. The van der Waals surface area contributed by atoms with Crippen LogP contribution in [0.4, 0.5) is 11.6 Å². The number of aromatic nitrogens is 2. The summed E-state index contributed by atoms with van der Waals surface area (Å²) >= 11 is 6.49. The number of nitrogens with two attached hydrogens (primary N) is 1. The lowest BCUT2D eigenvalue weighted by Gasteiger charge is -2.37. The summed E-state index contributed by atoms with van der Waals surface area (Å²) in [5.74, 6) is 1.65. The van der Waals surface area contributed by atoms with Crippen molar-refractivity contribution in [2.24, 2.45) is 5.73 Å². The molecule has 1 aliphatic carbocycles. The van der Waals surface area contributed by atoms with Crippen molar-refractivity contribution in [3.05, 3.63) is 35.5 Å². The Morgan fingerprint density at radius 3 is 2.77 bits per heavy atom. The molecule has 2 aliphatic rings. The Balaban J connectivity index is 1.45. The number of rotatable bonds is 6. The number of pyridine rings is 2. The zero-order valence-corrected chi connectivity index (χ0v) is 19.3. The summed E-state index contributed by atoms with van der Waals surface area (Å²) in [5.41, 5.74) is 7.57. The van der Waals surface area contributed by atoms with Crippen LogP contribution >= 0.6 is 11.6 Å². The van der Waals surface area contributed by atoms with Crippen molar-refractivity contribution >= 4 is 23.2 Å². The van der Waals surface area contributed by atoms with Crippen LogP contribution in [0.1, 0.15) is 58.8 Å². The molecule has 168 valence electrons. The third-order valence-electron chi connectivity index (χ3n) is 6.45. The second kappa shape index (κ2) is 9.72. The largest absolute Gasteiger partial charge is 0.371 e. The zero-order valence-electron chi connectivity index (χ0n) is 18.5. The average Bonchev–Trinajstić information content (AvgIpc) is 2.75. The van der Waals surface area contributed by atoms with Crippen LogP contribution in [0.5, 0.6) is 0 Å². The SMILES string of the molecule is C[C@H]1CCC[C@](C)(CNc2cccc(-c3cc(N[C@H]4CC[C@H](N)CC4)ncc3Cl)n2)O1. The summed E-state index contributed by atoms with van der Waals surface area (Å²) in [6, 6.07) is 8.70. The van der Waals surface area contributed by atoms with Gasteiger partial charge < -0.3 is 21.1 Å². The molecule has 4 N–H and O–H groups in total. The van der Waals surface area contributed by atoms with Crippen molar-refractivity contribution in [2.75, 3.05) is 17.2 Å². The third-order valence-corrected chi connectivity index (χ3v) is 6.75. The van der Waals surface area contributed by atoms with E-state index < -0.39 is 0 Å². The number of ether oxygens (including phenoxy) is 1. The van der Waals surface area contributed by atoms with Gasteiger partial charge in [0.25, 0.3) is 0 Å². The average molecular weight is 444 g/mol. The van der Waals surface area contributed by atoms with E-state index in [1.54, 1.807) is 6.20 Å². The molecule has 0 unspecified atom stereocenters. The minimum Gasteiger partial charge on any atom is -0.371 e. The van der Waals surface area contributed by atoms with Gasteiger partial charge in [0.15, 0.2) is 0 Å².